The van der Waals surface area contributed by atoms with Gasteiger partial charge in [-0.3, -0.25) is 4.68 Å². The molecule has 5 heteroatoms. The molecule has 0 fully saturated rings. The van der Waals surface area contributed by atoms with Crippen molar-refractivity contribution in [2.75, 3.05) is 13.7 Å². The first kappa shape index (κ1) is 12.9. The SMILES string of the molecule is COc1ccc(Cl)cc1-c1cnn(CCCN)c1. The third-order valence-corrected chi connectivity index (χ3v) is 2.93. The lowest BCUT2D eigenvalue weighted by Gasteiger charge is -2.06. The Hall–Kier alpha value is -1.52. The normalized spacial score (nSPS) is 10.6. The highest BCUT2D eigenvalue weighted by Gasteiger charge is 2.08. The molecule has 0 radical (unpaired) electrons. The minimum absolute atomic E-state index is 0.662. The van der Waals surface area contributed by atoms with E-state index in [0.29, 0.717) is 11.6 Å². The Labute approximate surface area is 111 Å². The smallest absolute Gasteiger partial charge is 0.126 e. The van der Waals surface area contributed by atoms with Crippen LogP contribution >= 0.6 is 11.6 Å². The van der Waals surface area contributed by atoms with Crippen molar-refractivity contribution in [3.05, 3.63) is 35.6 Å². The van der Waals surface area contributed by atoms with Gasteiger partial charge in [0.05, 0.1) is 13.3 Å². The summed E-state index contributed by atoms with van der Waals surface area (Å²) in [6.07, 6.45) is 4.70. The van der Waals surface area contributed by atoms with E-state index in [9.17, 15) is 0 Å². The minimum Gasteiger partial charge on any atom is -0.496 e. The van der Waals surface area contributed by atoms with Gasteiger partial charge in [-0.15, -0.1) is 0 Å². The Balaban J connectivity index is 2.30. The van der Waals surface area contributed by atoms with Crippen LogP contribution < -0.4 is 10.5 Å². The third kappa shape index (κ3) is 2.83. The molecule has 0 aliphatic heterocycles. The van der Waals surface area contributed by atoms with Crippen molar-refractivity contribution in [2.24, 2.45) is 5.73 Å². The van der Waals surface area contributed by atoms with Crippen LogP contribution in [0.1, 0.15) is 6.42 Å². The molecule has 0 atom stereocenters. The first-order valence-corrected chi connectivity index (χ1v) is 6.19. The highest BCUT2D eigenvalue weighted by molar-refractivity contribution is 6.31. The van der Waals surface area contributed by atoms with Crippen molar-refractivity contribution in [3.8, 4) is 16.9 Å². The molecule has 96 valence electrons. The van der Waals surface area contributed by atoms with E-state index in [4.69, 9.17) is 22.1 Å². The molecule has 1 heterocycles. The molecule has 0 amide bonds. The topological polar surface area (TPSA) is 53.1 Å². The zero-order valence-corrected chi connectivity index (χ0v) is 11.0. The van der Waals surface area contributed by atoms with Crippen LogP contribution in [0.2, 0.25) is 5.02 Å². The summed E-state index contributed by atoms with van der Waals surface area (Å²) in [5.74, 6) is 0.790. The standard InChI is InChI=1S/C13H16ClN3O/c1-18-13-4-3-11(14)7-12(13)10-8-16-17(9-10)6-2-5-15/h3-4,7-9H,2,5-6,15H2,1H3. The number of aromatic nitrogens is 2. The fraction of sp³-hybridized carbons (Fsp3) is 0.308. The lowest BCUT2D eigenvalue weighted by molar-refractivity contribution is 0.416. The molecule has 1 aromatic heterocycles. The van der Waals surface area contributed by atoms with Gasteiger partial charge < -0.3 is 10.5 Å². The molecule has 2 rings (SSSR count). The van der Waals surface area contributed by atoms with Crippen molar-refractivity contribution >= 4 is 11.6 Å². The first-order chi connectivity index (χ1) is 8.74. The van der Waals surface area contributed by atoms with E-state index in [-0.39, 0.29) is 0 Å². The molecule has 0 unspecified atom stereocenters. The van der Waals surface area contributed by atoms with Crippen LogP contribution in [0.25, 0.3) is 11.1 Å². The van der Waals surface area contributed by atoms with Crippen LogP contribution in [0.15, 0.2) is 30.6 Å². The summed E-state index contributed by atoms with van der Waals surface area (Å²) in [4.78, 5) is 0. The van der Waals surface area contributed by atoms with Gasteiger partial charge in [0.25, 0.3) is 0 Å². The highest BCUT2D eigenvalue weighted by atomic mass is 35.5. The van der Waals surface area contributed by atoms with Gasteiger partial charge in [-0.1, -0.05) is 11.6 Å². The van der Waals surface area contributed by atoms with Gasteiger partial charge in [0, 0.05) is 28.9 Å². The number of hydrogen-bond donors (Lipinski definition) is 1. The summed E-state index contributed by atoms with van der Waals surface area (Å²) in [6.45, 7) is 1.48. The van der Waals surface area contributed by atoms with Crippen LogP contribution in [0, 0.1) is 0 Å². The summed E-state index contributed by atoms with van der Waals surface area (Å²) in [5, 5.41) is 4.98. The van der Waals surface area contributed by atoms with E-state index in [1.165, 1.54) is 0 Å². The van der Waals surface area contributed by atoms with E-state index in [2.05, 4.69) is 5.10 Å². The van der Waals surface area contributed by atoms with Crippen molar-refractivity contribution in [1.29, 1.82) is 0 Å². The Bertz CT molecular complexity index is 525. The Kier molecular flexibility index (Phi) is 4.23. The van der Waals surface area contributed by atoms with Crippen LogP contribution in [-0.4, -0.2) is 23.4 Å². The Morgan fingerprint density at radius 3 is 3.00 bits per heavy atom. The van der Waals surface area contributed by atoms with E-state index < -0.39 is 0 Å². The number of hydrogen-bond acceptors (Lipinski definition) is 3. The number of halogens is 1. The second-order valence-electron chi connectivity index (χ2n) is 3.98. The van der Waals surface area contributed by atoms with Crippen molar-refractivity contribution < 1.29 is 4.74 Å². The molecule has 18 heavy (non-hydrogen) atoms. The predicted octanol–water partition coefficient (Wildman–Crippen LogP) is 2.56. The maximum Gasteiger partial charge on any atom is 0.126 e. The second-order valence-corrected chi connectivity index (χ2v) is 4.42. The van der Waals surface area contributed by atoms with Gasteiger partial charge in [0.15, 0.2) is 0 Å². The largest absolute Gasteiger partial charge is 0.496 e. The number of methoxy groups -OCH3 is 1. The van der Waals surface area contributed by atoms with E-state index in [0.717, 1.165) is 29.8 Å². The number of nitrogens with two attached hydrogens (primary N) is 1. The molecular weight excluding hydrogens is 250 g/mol. The van der Waals surface area contributed by atoms with Crippen molar-refractivity contribution in [2.45, 2.75) is 13.0 Å². The molecule has 4 nitrogen and oxygen atoms in total. The van der Waals surface area contributed by atoms with Gasteiger partial charge in [-0.2, -0.15) is 5.10 Å². The van der Waals surface area contributed by atoms with Crippen molar-refractivity contribution in [3.63, 3.8) is 0 Å². The van der Waals surface area contributed by atoms with Gasteiger partial charge in [-0.25, -0.2) is 0 Å². The van der Waals surface area contributed by atoms with Gasteiger partial charge in [0.1, 0.15) is 5.75 Å². The molecule has 0 spiro atoms. The minimum atomic E-state index is 0.662. The van der Waals surface area contributed by atoms with Gasteiger partial charge in [0.2, 0.25) is 0 Å². The molecule has 0 aliphatic carbocycles. The molecule has 0 saturated heterocycles. The number of benzene rings is 1. The Morgan fingerprint density at radius 1 is 1.44 bits per heavy atom. The summed E-state index contributed by atoms with van der Waals surface area (Å²) >= 11 is 6.01. The van der Waals surface area contributed by atoms with Crippen LogP contribution in [0.4, 0.5) is 0 Å². The molecule has 2 aromatic rings. The van der Waals surface area contributed by atoms with Crippen LogP contribution in [-0.2, 0) is 6.54 Å². The quantitative estimate of drug-likeness (QED) is 0.904. The highest BCUT2D eigenvalue weighted by Crippen LogP contribution is 2.32. The average Bonchev–Trinajstić information content (AvgIpc) is 2.85. The zero-order valence-electron chi connectivity index (χ0n) is 10.3. The summed E-state index contributed by atoms with van der Waals surface area (Å²) in [7, 11) is 1.64. The van der Waals surface area contributed by atoms with Crippen LogP contribution in [0.5, 0.6) is 5.75 Å². The third-order valence-electron chi connectivity index (χ3n) is 2.70. The Morgan fingerprint density at radius 2 is 2.28 bits per heavy atom. The summed E-state index contributed by atoms with van der Waals surface area (Å²) in [6, 6.07) is 5.54. The van der Waals surface area contributed by atoms with Gasteiger partial charge in [-0.05, 0) is 31.2 Å². The summed E-state index contributed by atoms with van der Waals surface area (Å²) < 4.78 is 7.21. The molecular formula is C13H16ClN3O. The fourth-order valence-corrected chi connectivity index (χ4v) is 1.96. The van der Waals surface area contributed by atoms with Crippen molar-refractivity contribution in [1.82, 2.24) is 9.78 Å². The number of rotatable bonds is 5. The fourth-order valence-electron chi connectivity index (χ4n) is 1.78. The zero-order chi connectivity index (χ0) is 13.0. The first-order valence-electron chi connectivity index (χ1n) is 5.81. The lowest BCUT2D eigenvalue weighted by Crippen LogP contribution is -2.05. The average molecular weight is 266 g/mol. The maximum atomic E-state index is 6.01. The second kappa shape index (κ2) is 5.89. The van der Waals surface area contributed by atoms with Crippen LogP contribution in [0.3, 0.4) is 0 Å². The molecule has 0 bridgehead atoms. The molecule has 0 saturated carbocycles. The molecule has 1 aromatic carbocycles. The van der Waals surface area contributed by atoms with E-state index in [1.807, 2.05) is 35.3 Å². The summed E-state index contributed by atoms with van der Waals surface area (Å²) in [5.41, 5.74) is 7.42. The maximum absolute atomic E-state index is 6.01. The lowest BCUT2D eigenvalue weighted by atomic mass is 10.1. The number of ether oxygens (including phenoxy) is 1. The van der Waals surface area contributed by atoms with Gasteiger partial charge >= 0.3 is 0 Å². The van der Waals surface area contributed by atoms with E-state index in [1.54, 1.807) is 7.11 Å². The molecule has 0 aliphatic rings. The monoisotopic (exact) mass is 265 g/mol. The predicted molar refractivity (Wildman–Crippen MR) is 72.9 cm³/mol. The molecule has 2 N–H and O–H groups in total. The number of aryl methyl sites for hydroxylation is 1. The number of nitrogens with zero attached hydrogens (tertiary/aromatic N) is 2. The van der Waals surface area contributed by atoms with E-state index >= 15 is 0 Å².